The van der Waals surface area contributed by atoms with E-state index in [2.05, 4.69) is 60.1 Å². The van der Waals surface area contributed by atoms with Crippen molar-refractivity contribution < 1.29 is 0 Å². The van der Waals surface area contributed by atoms with Crippen molar-refractivity contribution in [3.8, 4) is 0 Å². The fourth-order valence-electron chi connectivity index (χ4n) is 1.68. The van der Waals surface area contributed by atoms with E-state index in [0.29, 0.717) is 0 Å². The summed E-state index contributed by atoms with van der Waals surface area (Å²) in [4.78, 5) is 2.51. The lowest BCUT2D eigenvalue weighted by molar-refractivity contribution is 0.885. The molecule has 0 spiro atoms. The predicted molar refractivity (Wildman–Crippen MR) is 74.0 cm³/mol. The number of hydrogen-bond acceptors (Lipinski definition) is 2. The van der Waals surface area contributed by atoms with Gasteiger partial charge in [0.2, 0.25) is 0 Å². The quantitative estimate of drug-likeness (QED) is 0.884. The third-order valence-corrected chi connectivity index (χ3v) is 4.36. The molecule has 0 amide bonds. The van der Waals surface area contributed by atoms with E-state index in [0.717, 1.165) is 10.0 Å². The van der Waals surface area contributed by atoms with Crippen molar-refractivity contribution in [2.24, 2.45) is 5.73 Å². The zero-order chi connectivity index (χ0) is 11.7. The molecule has 3 heteroatoms. The highest BCUT2D eigenvalue weighted by Gasteiger charge is 2.13. The molecule has 0 fully saturated rings. The van der Waals surface area contributed by atoms with Crippen LogP contribution in [0.1, 0.15) is 26.9 Å². The van der Waals surface area contributed by atoms with Gasteiger partial charge in [-0.2, -0.15) is 0 Å². The van der Waals surface area contributed by atoms with Crippen LogP contribution >= 0.6 is 27.3 Å². The Bertz CT molecular complexity index is 504. The van der Waals surface area contributed by atoms with Gasteiger partial charge in [-0.3, -0.25) is 0 Å². The Morgan fingerprint density at radius 2 is 1.94 bits per heavy atom. The van der Waals surface area contributed by atoms with Gasteiger partial charge in [0.15, 0.2) is 0 Å². The van der Waals surface area contributed by atoms with Crippen LogP contribution in [0.15, 0.2) is 34.8 Å². The molecule has 0 aliphatic carbocycles. The van der Waals surface area contributed by atoms with Gasteiger partial charge in [-0.25, -0.2) is 0 Å². The average molecular weight is 296 g/mol. The molecule has 16 heavy (non-hydrogen) atoms. The molecule has 1 nitrogen and oxygen atoms in total. The minimum atomic E-state index is -0.0343. The summed E-state index contributed by atoms with van der Waals surface area (Å²) in [5.41, 5.74) is 8.67. The van der Waals surface area contributed by atoms with Crippen molar-refractivity contribution >= 4 is 27.3 Å². The minimum Gasteiger partial charge on any atom is -0.320 e. The number of benzene rings is 1. The van der Waals surface area contributed by atoms with E-state index in [1.54, 1.807) is 11.3 Å². The number of aryl methyl sites for hydroxylation is 2. The molecule has 1 aromatic heterocycles. The molecule has 1 atom stereocenters. The molecule has 0 saturated heterocycles. The lowest BCUT2D eigenvalue weighted by Gasteiger charge is -2.13. The van der Waals surface area contributed by atoms with Crippen molar-refractivity contribution in [1.82, 2.24) is 0 Å². The largest absolute Gasteiger partial charge is 0.320 e. The van der Waals surface area contributed by atoms with Crippen molar-refractivity contribution in [3.05, 3.63) is 55.7 Å². The third-order valence-electron chi connectivity index (χ3n) is 2.55. The Morgan fingerprint density at radius 1 is 1.19 bits per heavy atom. The summed E-state index contributed by atoms with van der Waals surface area (Å²) in [6.07, 6.45) is 0. The molecule has 1 aromatic carbocycles. The highest BCUT2D eigenvalue weighted by Crippen LogP contribution is 2.31. The Kier molecular flexibility index (Phi) is 3.47. The normalized spacial score (nSPS) is 12.8. The van der Waals surface area contributed by atoms with Crippen LogP contribution in [0, 0.1) is 13.8 Å². The van der Waals surface area contributed by atoms with E-state index >= 15 is 0 Å². The van der Waals surface area contributed by atoms with Gasteiger partial charge < -0.3 is 5.73 Å². The highest BCUT2D eigenvalue weighted by atomic mass is 79.9. The minimum absolute atomic E-state index is 0.0343. The molecular formula is C13H14BrNS. The summed E-state index contributed by atoms with van der Waals surface area (Å²) in [5.74, 6) is 0. The van der Waals surface area contributed by atoms with Crippen LogP contribution in [0.25, 0.3) is 0 Å². The van der Waals surface area contributed by atoms with E-state index in [1.165, 1.54) is 15.3 Å². The number of thiophene rings is 1. The summed E-state index contributed by atoms with van der Waals surface area (Å²) < 4.78 is 1.08. The summed E-state index contributed by atoms with van der Waals surface area (Å²) in [6.45, 7) is 4.19. The smallest absolute Gasteiger partial charge is 0.0657 e. The van der Waals surface area contributed by atoms with Crippen LogP contribution < -0.4 is 5.73 Å². The van der Waals surface area contributed by atoms with E-state index in [1.807, 2.05) is 0 Å². The van der Waals surface area contributed by atoms with Gasteiger partial charge in [-0.15, -0.1) is 11.3 Å². The van der Waals surface area contributed by atoms with Crippen LogP contribution in [0.4, 0.5) is 0 Å². The number of rotatable bonds is 2. The maximum Gasteiger partial charge on any atom is 0.0657 e. The first kappa shape index (κ1) is 11.8. The SMILES string of the molecule is Cc1ccc(Br)c(C(N)c2ccc(C)s2)c1. The second-order valence-corrected chi connectivity index (χ2v) is 6.12. The molecular weight excluding hydrogens is 282 g/mol. The topological polar surface area (TPSA) is 26.0 Å². The molecule has 2 N–H and O–H groups in total. The molecule has 1 unspecified atom stereocenters. The molecule has 2 rings (SSSR count). The fourth-order valence-corrected chi connectivity index (χ4v) is 3.07. The van der Waals surface area contributed by atoms with Gasteiger partial charge in [-0.05, 0) is 37.6 Å². The van der Waals surface area contributed by atoms with Gasteiger partial charge in [0.25, 0.3) is 0 Å². The molecule has 0 radical (unpaired) electrons. The van der Waals surface area contributed by atoms with Crippen molar-refractivity contribution in [2.45, 2.75) is 19.9 Å². The third kappa shape index (κ3) is 2.37. The highest BCUT2D eigenvalue weighted by molar-refractivity contribution is 9.10. The van der Waals surface area contributed by atoms with Crippen LogP contribution in [0.2, 0.25) is 0 Å². The molecule has 84 valence electrons. The van der Waals surface area contributed by atoms with Crippen LogP contribution in [0.5, 0.6) is 0 Å². The van der Waals surface area contributed by atoms with Gasteiger partial charge in [-0.1, -0.05) is 33.6 Å². The zero-order valence-electron chi connectivity index (χ0n) is 9.33. The summed E-state index contributed by atoms with van der Waals surface area (Å²) in [6, 6.07) is 10.5. The fraction of sp³-hybridized carbons (Fsp3) is 0.231. The molecule has 0 aliphatic rings. The van der Waals surface area contributed by atoms with Gasteiger partial charge >= 0.3 is 0 Å². The standard InChI is InChI=1S/C13H14BrNS/c1-8-3-5-11(14)10(7-8)13(15)12-6-4-9(2)16-12/h3-7,13H,15H2,1-2H3. The van der Waals surface area contributed by atoms with Crippen molar-refractivity contribution in [2.75, 3.05) is 0 Å². The summed E-state index contributed by atoms with van der Waals surface area (Å²) in [7, 11) is 0. The monoisotopic (exact) mass is 295 g/mol. The zero-order valence-corrected chi connectivity index (χ0v) is 11.7. The van der Waals surface area contributed by atoms with Crippen LogP contribution in [-0.4, -0.2) is 0 Å². The first-order valence-electron chi connectivity index (χ1n) is 5.16. The Hall–Kier alpha value is -0.640. The van der Waals surface area contributed by atoms with Gasteiger partial charge in [0, 0.05) is 14.2 Å². The first-order chi connectivity index (χ1) is 7.58. The molecule has 2 aromatic rings. The second-order valence-electron chi connectivity index (χ2n) is 3.95. The molecule has 1 heterocycles. The van der Waals surface area contributed by atoms with Crippen molar-refractivity contribution in [3.63, 3.8) is 0 Å². The summed E-state index contributed by atoms with van der Waals surface area (Å²) >= 11 is 5.32. The number of nitrogens with two attached hydrogens (primary N) is 1. The van der Waals surface area contributed by atoms with E-state index in [4.69, 9.17) is 5.73 Å². The van der Waals surface area contributed by atoms with Crippen LogP contribution in [-0.2, 0) is 0 Å². The van der Waals surface area contributed by atoms with Crippen molar-refractivity contribution in [1.29, 1.82) is 0 Å². The lowest BCUT2D eigenvalue weighted by atomic mass is 10.0. The molecule has 0 aliphatic heterocycles. The van der Waals surface area contributed by atoms with Gasteiger partial charge in [0.1, 0.15) is 0 Å². The maximum absolute atomic E-state index is 6.28. The second kappa shape index (κ2) is 4.70. The lowest BCUT2D eigenvalue weighted by Crippen LogP contribution is -2.11. The Morgan fingerprint density at radius 3 is 2.56 bits per heavy atom. The predicted octanol–water partition coefficient (Wildman–Crippen LogP) is 4.18. The van der Waals surface area contributed by atoms with E-state index < -0.39 is 0 Å². The van der Waals surface area contributed by atoms with Gasteiger partial charge in [0.05, 0.1) is 6.04 Å². The molecule has 0 bridgehead atoms. The van der Waals surface area contributed by atoms with E-state index in [9.17, 15) is 0 Å². The molecule has 0 saturated carbocycles. The average Bonchev–Trinajstić information content (AvgIpc) is 2.67. The number of hydrogen-bond donors (Lipinski definition) is 1. The number of halogens is 1. The summed E-state index contributed by atoms with van der Waals surface area (Å²) in [5, 5.41) is 0. The van der Waals surface area contributed by atoms with Crippen LogP contribution in [0.3, 0.4) is 0 Å². The first-order valence-corrected chi connectivity index (χ1v) is 6.77. The Balaban J connectivity index is 2.40. The van der Waals surface area contributed by atoms with E-state index in [-0.39, 0.29) is 6.04 Å². The Labute approximate surface area is 108 Å². The maximum atomic E-state index is 6.28.